The molecule has 0 bridgehead atoms. The van der Waals surface area contributed by atoms with Gasteiger partial charge in [-0.1, -0.05) is 13.8 Å². The lowest BCUT2D eigenvalue weighted by Crippen LogP contribution is -2.60. The van der Waals surface area contributed by atoms with E-state index in [0.717, 1.165) is 0 Å². The van der Waals surface area contributed by atoms with Gasteiger partial charge in [0.15, 0.2) is 5.96 Å². The zero-order valence-corrected chi connectivity index (χ0v) is 20.2. The van der Waals surface area contributed by atoms with Crippen LogP contribution in [0.3, 0.4) is 0 Å². The highest BCUT2D eigenvalue weighted by molar-refractivity contribution is 5.94. The Morgan fingerprint density at radius 3 is 1.86 bits per heavy atom. The number of carbonyl (C=O) groups excluding carboxylic acids is 4. The Kier molecular flexibility index (Phi) is 13.9. The highest BCUT2D eigenvalue weighted by Crippen LogP contribution is 2.07. The van der Waals surface area contributed by atoms with E-state index in [4.69, 9.17) is 22.9 Å². The van der Waals surface area contributed by atoms with Crippen molar-refractivity contribution in [2.75, 3.05) is 6.54 Å². The first-order chi connectivity index (χ1) is 16.2. The Morgan fingerprint density at radius 2 is 1.40 bits per heavy atom. The second-order valence-corrected chi connectivity index (χ2v) is 8.42. The Morgan fingerprint density at radius 1 is 0.857 bits per heavy atom. The van der Waals surface area contributed by atoms with Crippen LogP contribution in [0.25, 0.3) is 0 Å². The topological polar surface area (TPSA) is 278 Å². The van der Waals surface area contributed by atoms with Gasteiger partial charge in [0.2, 0.25) is 23.6 Å². The fourth-order valence-electron chi connectivity index (χ4n) is 2.90. The van der Waals surface area contributed by atoms with E-state index in [-0.39, 0.29) is 31.8 Å². The summed E-state index contributed by atoms with van der Waals surface area (Å²) in [6.45, 7) is 4.80. The van der Waals surface area contributed by atoms with E-state index in [1.807, 2.05) is 0 Å². The minimum Gasteiger partial charge on any atom is -0.480 e. The van der Waals surface area contributed by atoms with E-state index in [9.17, 15) is 34.2 Å². The average molecular weight is 503 g/mol. The normalized spacial score (nSPS) is 15.1. The quantitative estimate of drug-likeness (QED) is 0.0563. The summed E-state index contributed by atoms with van der Waals surface area (Å²) in [6.07, 6.45) is -1.31. The van der Waals surface area contributed by atoms with Crippen molar-refractivity contribution in [2.24, 2.45) is 33.8 Å². The molecule has 5 atom stereocenters. The molecule has 0 aromatic heterocycles. The van der Waals surface area contributed by atoms with Crippen LogP contribution >= 0.6 is 0 Å². The number of aliphatic carboxylic acids is 1. The number of hydrogen-bond donors (Lipinski definition) is 9. The highest BCUT2D eigenvalue weighted by atomic mass is 16.4. The predicted molar refractivity (Wildman–Crippen MR) is 126 cm³/mol. The van der Waals surface area contributed by atoms with Crippen LogP contribution in [-0.2, 0) is 24.0 Å². The molecule has 0 radical (unpaired) electrons. The van der Waals surface area contributed by atoms with Crippen LogP contribution < -0.4 is 38.9 Å². The largest absolute Gasteiger partial charge is 0.480 e. The third-order valence-corrected chi connectivity index (χ3v) is 4.91. The molecule has 0 saturated carbocycles. The van der Waals surface area contributed by atoms with E-state index >= 15 is 0 Å². The number of nitrogens with two attached hydrogens (primary N) is 4. The molecule has 4 amide bonds. The van der Waals surface area contributed by atoms with E-state index in [1.54, 1.807) is 13.8 Å². The highest BCUT2D eigenvalue weighted by Gasteiger charge is 2.33. The number of nitrogens with zero attached hydrogens (tertiary/aromatic N) is 1. The second-order valence-electron chi connectivity index (χ2n) is 8.42. The van der Waals surface area contributed by atoms with E-state index in [0.29, 0.717) is 6.42 Å². The number of carbonyl (C=O) groups is 5. The van der Waals surface area contributed by atoms with Crippen molar-refractivity contribution in [3.05, 3.63) is 0 Å². The number of aliphatic imine (C=N–C) groups is 1. The zero-order chi connectivity index (χ0) is 27.3. The summed E-state index contributed by atoms with van der Waals surface area (Å²) < 4.78 is 0. The van der Waals surface area contributed by atoms with Crippen LogP contribution in [0.1, 0.15) is 46.5 Å². The van der Waals surface area contributed by atoms with Gasteiger partial charge in [-0.05, 0) is 32.1 Å². The third kappa shape index (κ3) is 12.5. The van der Waals surface area contributed by atoms with E-state index in [2.05, 4.69) is 20.9 Å². The van der Waals surface area contributed by atoms with Gasteiger partial charge >= 0.3 is 5.97 Å². The second kappa shape index (κ2) is 15.4. The van der Waals surface area contributed by atoms with Crippen LogP contribution in [0.2, 0.25) is 0 Å². The first-order valence-corrected chi connectivity index (χ1v) is 11.1. The Bertz CT molecular complexity index is 783. The van der Waals surface area contributed by atoms with Crippen molar-refractivity contribution in [3.63, 3.8) is 0 Å². The number of nitrogens with one attached hydrogen (secondary N) is 3. The molecule has 0 aromatic rings. The van der Waals surface area contributed by atoms with Gasteiger partial charge in [-0.25, -0.2) is 4.79 Å². The summed E-state index contributed by atoms with van der Waals surface area (Å²) in [4.78, 5) is 64.0. The Labute approximate surface area is 203 Å². The molecule has 35 heavy (non-hydrogen) atoms. The van der Waals surface area contributed by atoms with Gasteiger partial charge in [-0.3, -0.25) is 24.2 Å². The molecule has 15 heteroatoms. The molecule has 15 nitrogen and oxygen atoms in total. The van der Waals surface area contributed by atoms with Gasteiger partial charge in [-0.2, -0.15) is 0 Å². The van der Waals surface area contributed by atoms with Gasteiger partial charge < -0.3 is 49.1 Å². The van der Waals surface area contributed by atoms with Gasteiger partial charge in [0.25, 0.3) is 0 Å². The number of amides is 4. The van der Waals surface area contributed by atoms with Gasteiger partial charge in [0, 0.05) is 13.0 Å². The molecule has 0 saturated heterocycles. The molecule has 0 aromatic carbocycles. The van der Waals surface area contributed by atoms with Crippen molar-refractivity contribution in [2.45, 2.75) is 76.7 Å². The minimum absolute atomic E-state index is 0.0844. The lowest BCUT2D eigenvalue weighted by atomic mass is 10.0. The number of aliphatic hydroxyl groups excluding tert-OH is 1. The van der Waals surface area contributed by atoms with Crippen LogP contribution in [0.15, 0.2) is 4.99 Å². The summed E-state index contributed by atoms with van der Waals surface area (Å²) in [5.41, 5.74) is 21.3. The molecule has 200 valence electrons. The minimum atomic E-state index is -1.54. The monoisotopic (exact) mass is 502 g/mol. The summed E-state index contributed by atoms with van der Waals surface area (Å²) in [6, 6.07) is -5.06. The third-order valence-electron chi connectivity index (χ3n) is 4.91. The SMILES string of the molecule is CC(C)C(NC(=O)C(N)CCCN=C(N)N)C(=O)NC(C(=O)NC(CCC(N)=O)C(=O)O)C(C)O. The van der Waals surface area contributed by atoms with Gasteiger partial charge in [-0.15, -0.1) is 0 Å². The fraction of sp³-hybridized carbons (Fsp3) is 0.700. The molecule has 0 heterocycles. The van der Waals surface area contributed by atoms with Gasteiger partial charge in [0.1, 0.15) is 18.1 Å². The van der Waals surface area contributed by atoms with Gasteiger partial charge in [0.05, 0.1) is 12.1 Å². The lowest BCUT2D eigenvalue weighted by Gasteiger charge is -2.28. The summed E-state index contributed by atoms with van der Waals surface area (Å²) in [5.74, 6) is -5.07. The smallest absolute Gasteiger partial charge is 0.326 e. The number of rotatable bonds is 16. The first-order valence-electron chi connectivity index (χ1n) is 11.1. The Balaban J connectivity index is 5.24. The summed E-state index contributed by atoms with van der Waals surface area (Å²) >= 11 is 0. The van der Waals surface area contributed by atoms with Crippen LogP contribution in [-0.4, -0.2) is 82.6 Å². The van der Waals surface area contributed by atoms with Crippen molar-refractivity contribution in [1.82, 2.24) is 16.0 Å². The fourth-order valence-corrected chi connectivity index (χ4v) is 2.90. The molecule has 5 unspecified atom stereocenters. The first kappa shape index (κ1) is 31.5. The summed E-state index contributed by atoms with van der Waals surface area (Å²) in [5, 5.41) is 26.3. The molecular weight excluding hydrogens is 464 g/mol. The van der Waals surface area contributed by atoms with Crippen molar-refractivity contribution in [1.29, 1.82) is 0 Å². The van der Waals surface area contributed by atoms with Crippen molar-refractivity contribution >= 4 is 35.6 Å². The molecule has 13 N–H and O–H groups in total. The maximum atomic E-state index is 12.9. The number of aliphatic hydroxyl groups is 1. The van der Waals surface area contributed by atoms with Crippen LogP contribution in [0, 0.1) is 5.92 Å². The molecular formula is C20H38N8O7. The molecule has 0 aliphatic carbocycles. The van der Waals surface area contributed by atoms with E-state index < -0.39 is 65.8 Å². The summed E-state index contributed by atoms with van der Waals surface area (Å²) in [7, 11) is 0. The maximum Gasteiger partial charge on any atom is 0.326 e. The lowest BCUT2D eigenvalue weighted by molar-refractivity contribution is -0.143. The molecule has 0 fully saturated rings. The van der Waals surface area contributed by atoms with Crippen molar-refractivity contribution < 1.29 is 34.2 Å². The standard InChI is InChI=1S/C20H38N8O7/c1-9(2)14(27-16(31)11(21)5-4-8-25-20(23)24)17(32)28-15(10(3)29)18(33)26-12(19(34)35)6-7-13(22)30/h9-12,14-15,29H,4-8,21H2,1-3H3,(H2,22,30)(H,26,33)(H,27,31)(H,28,32)(H,34,35)(H4,23,24,25). The maximum absolute atomic E-state index is 12.9. The average Bonchev–Trinajstić information content (AvgIpc) is 2.74. The number of primary amides is 1. The number of carboxylic acids is 1. The van der Waals surface area contributed by atoms with Crippen LogP contribution in [0.5, 0.6) is 0 Å². The molecule has 0 rings (SSSR count). The molecule has 0 aliphatic rings. The zero-order valence-electron chi connectivity index (χ0n) is 20.2. The number of carboxylic acid groups (broad SMARTS) is 1. The molecule has 0 aliphatic heterocycles. The van der Waals surface area contributed by atoms with Crippen LogP contribution in [0.4, 0.5) is 0 Å². The Hall–Kier alpha value is -3.46. The van der Waals surface area contributed by atoms with E-state index in [1.165, 1.54) is 6.92 Å². The number of hydrogen-bond acceptors (Lipinski definition) is 8. The van der Waals surface area contributed by atoms with Crippen molar-refractivity contribution in [3.8, 4) is 0 Å². The molecule has 0 spiro atoms. The predicted octanol–water partition coefficient (Wildman–Crippen LogP) is -3.79. The number of guanidine groups is 1.